The largest absolute Gasteiger partial charge is 0.497 e. The molecule has 0 unspecified atom stereocenters. The van der Waals surface area contributed by atoms with Crippen LogP contribution in [-0.2, 0) is 6.18 Å². The van der Waals surface area contributed by atoms with Gasteiger partial charge in [0.05, 0.1) is 19.9 Å². The Labute approximate surface area is 165 Å². The standard InChI is InChI=1S/C20H19F3N4O2/c1-12-6-4-5-7-15(12)25-18-14(20(21,22)23)11-24-19(27-18)26-16-9-8-13(28-2)10-17(16)29-3/h4-11H,1-3H3,(H2,24,25,26,27). The molecule has 9 heteroatoms. The summed E-state index contributed by atoms with van der Waals surface area (Å²) in [6, 6.07) is 12.0. The van der Waals surface area contributed by atoms with Crippen molar-refractivity contribution in [3.05, 3.63) is 59.8 Å². The maximum absolute atomic E-state index is 13.4. The lowest BCUT2D eigenvalue weighted by atomic mass is 10.2. The molecule has 0 aliphatic rings. The zero-order chi connectivity index (χ0) is 21.0. The Balaban J connectivity index is 1.98. The van der Waals surface area contributed by atoms with Crippen LogP contribution in [-0.4, -0.2) is 24.2 Å². The predicted molar refractivity (Wildman–Crippen MR) is 104 cm³/mol. The Morgan fingerprint density at radius 3 is 2.34 bits per heavy atom. The molecule has 0 aliphatic carbocycles. The summed E-state index contributed by atoms with van der Waals surface area (Å²) in [5.41, 5.74) is 0.818. The number of methoxy groups -OCH3 is 2. The van der Waals surface area contributed by atoms with Gasteiger partial charge < -0.3 is 20.1 Å². The van der Waals surface area contributed by atoms with Gasteiger partial charge in [0, 0.05) is 18.0 Å². The quantitative estimate of drug-likeness (QED) is 0.581. The molecule has 1 heterocycles. The molecule has 3 rings (SSSR count). The second kappa shape index (κ2) is 8.26. The van der Waals surface area contributed by atoms with Crippen LogP contribution in [0.2, 0.25) is 0 Å². The molecule has 0 saturated heterocycles. The molecule has 0 bridgehead atoms. The fourth-order valence-electron chi connectivity index (χ4n) is 2.61. The van der Waals surface area contributed by atoms with Crippen LogP contribution in [0.4, 0.5) is 36.3 Å². The number of para-hydroxylation sites is 1. The van der Waals surface area contributed by atoms with E-state index in [-0.39, 0.29) is 11.8 Å². The number of alkyl halides is 3. The molecule has 0 radical (unpaired) electrons. The molecule has 6 nitrogen and oxygen atoms in total. The number of ether oxygens (including phenoxy) is 2. The second-order valence-corrected chi connectivity index (χ2v) is 6.08. The molecule has 2 N–H and O–H groups in total. The van der Waals surface area contributed by atoms with E-state index in [9.17, 15) is 13.2 Å². The normalized spacial score (nSPS) is 11.1. The van der Waals surface area contributed by atoms with Gasteiger partial charge in [-0.3, -0.25) is 0 Å². The van der Waals surface area contributed by atoms with Crippen molar-refractivity contribution < 1.29 is 22.6 Å². The molecule has 0 atom stereocenters. The minimum absolute atomic E-state index is 0.0162. The van der Waals surface area contributed by atoms with Crippen LogP contribution in [0.5, 0.6) is 11.5 Å². The number of halogens is 3. The van der Waals surface area contributed by atoms with E-state index in [2.05, 4.69) is 20.6 Å². The van der Waals surface area contributed by atoms with Gasteiger partial charge in [-0.05, 0) is 30.7 Å². The Morgan fingerprint density at radius 1 is 0.931 bits per heavy atom. The van der Waals surface area contributed by atoms with E-state index in [1.165, 1.54) is 14.2 Å². The topological polar surface area (TPSA) is 68.3 Å². The molecule has 1 aromatic heterocycles. The highest BCUT2D eigenvalue weighted by atomic mass is 19.4. The number of aromatic nitrogens is 2. The summed E-state index contributed by atoms with van der Waals surface area (Å²) in [6.07, 6.45) is -3.87. The number of hydrogen-bond acceptors (Lipinski definition) is 6. The Kier molecular flexibility index (Phi) is 5.76. The molecule has 0 aliphatic heterocycles. The minimum atomic E-state index is -4.61. The number of hydrogen-bond donors (Lipinski definition) is 2. The van der Waals surface area contributed by atoms with Crippen LogP contribution in [0.15, 0.2) is 48.7 Å². The van der Waals surface area contributed by atoms with Gasteiger partial charge in [0.2, 0.25) is 5.95 Å². The van der Waals surface area contributed by atoms with E-state index in [1.807, 2.05) is 0 Å². The smallest absolute Gasteiger partial charge is 0.421 e. The van der Waals surface area contributed by atoms with Crippen molar-refractivity contribution in [2.45, 2.75) is 13.1 Å². The van der Waals surface area contributed by atoms with Crippen molar-refractivity contribution >= 4 is 23.1 Å². The Bertz CT molecular complexity index is 1010. The molecule has 0 fully saturated rings. The number of rotatable bonds is 6. The van der Waals surface area contributed by atoms with Gasteiger partial charge in [-0.15, -0.1) is 0 Å². The number of aryl methyl sites for hydroxylation is 1. The van der Waals surface area contributed by atoms with Crippen LogP contribution in [0.3, 0.4) is 0 Å². The van der Waals surface area contributed by atoms with Gasteiger partial charge in [0.1, 0.15) is 22.9 Å². The van der Waals surface area contributed by atoms with Gasteiger partial charge in [-0.2, -0.15) is 18.2 Å². The molecular weight excluding hydrogens is 385 g/mol. The second-order valence-electron chi connectivity index (χ2n) is 6.08. The van der Waals surface area contributed by atoms with Gasteiger partial charge in [0.15, 0.2) is 0 Å². The first kappa shape index (κ1) is 20.2. The number of nitrogens with zero attached hydrogens (tertiary/aromatic N) is 2. The first-order chi connectivity index (χ1) is 13.8. The lowest BCUT2D eigenvalue weighted by Crippen LogP contribution is -2.13. The van der Waals surface area contributed by atoms with E-state index in [0.717, 1.165) is 11.8 Å². The average molecular weight is 404 g/mol. The number of nitrogens with one attached hydrogen (secondary N) is 2. The lowest BCUT2D eigenvalue weighted by Gasteiger charge is -2.16. The highest BCUT2D eigenvalue weighted by Crippen LogP contribution is 2.36. The summed E-state index contributed by atoms with van der Waals surface area (Å²) >= 11 is 0. The molecule has 0 saturated carbocycles. The van der Waals surface area contributed by atoms with Crippen molar-refractivity contribution in [2.75, 3.05) is 24.9 Å². The fraction of sp³-hybridized carbons (Fsp3) is 0.200. The molecule has 0 amide bonds. The molecule has 0 spiro atoms. The maximum Gasteiger partial charge on any atom is 0.421 e. The van der Waals surface area contributed by atoms with Crippen LogP contribution in [0.1, 0.15) is 11.1 Å². The van der Waals surface area contributed by atoms with E-state index < -0.39 is 11.7 Å². The molecule has 29 heavy (non-hydrogen) atoms. The monoisotopic (exact) mass is 404 g/mol. The predicted octanol–water partition coefficient (Wildman–Crippen LogP) is 5.31. The van der Waals surface area contributed by atoms with Crippen LogP contribution in [0, 0.1) is 6.92 Å². The number of benzene rings is 2. The van der Waals surface area contributed by atoms with Crippen molar-refractivity contribution in [1.29, 1.82) is 0 Å². The SMILES string of the molecule is COc1ccc(Nc2ncc(C(F)(F)F)c(Nc3ccccc3C)n2)c(OC)c1. The van der Waals surface area contributed by atoms with E-state index in [1.54, 1.807) is 49.4 Å². The first-order valence-corrected chi connectivity index (χ1v) is 8.57. The lowest BCUT2D eigenvalue weighted by molar-refractivity contribution is -0.137. The third-order valence-corrected chi connectivity index (χ3v) is 4.15. The summed E-state index contributed by atoms with van der Waals surface area (Å²) in [4.78, 5) is 7.86. The Morgan fingerprint density at radius 2 is 1.69 bits per heavy atom. The van der Waals surface area contributed by atoms with Crippen LogP contribution >= 0.6 is 0 Å². The van der Waals surface area contributed by atoms with E-state index in [4.69, 9.17) is 9.47 Å². The third-order valence-electron chi connectivity index (χ3n) is 4.15. The van der Waals surface area contributed by atoms with Gasteiger partial charge in [0.25, 0.3) is 0 Å². The van der Waals surface area contributed by atoms with Gasteiger partial charge >= 0.3 is 6.18 Å². The number of anilines is 4. The minimum Gasteiger partial charge on any atom is -0.497 e. The summed E-state index contributed by atoms with van der Waals surface area (Å²) in [5.74, 6) is 0.637. The highest BCUT2D eigenvalue weighted by Gasteiger charge is 2.35. The van der Waals surface area contributed by atoms with Crippen LogP contribution < -0.4 is 20.1 Å². The van der Waals surface area contributed by atoms with Crippen LogP contribution in [0.25, 0.3) is 0 Å². The summed E-state index contributed by atoms with van der Waals surface area (Å²) < 4.78 is 50.7. The van der Waals surface area contributed by atoms with Crippen molar-refractivity contribution in [3.8, 4) is 11.5 Å². The zero-order valence-corrected chi connectivity index (χ0v) is 16.0. The zero-order valence-electron chi connectivity index (χ0n) is 16.0. The van der Waals surface area contributed by atoms with Crippen molar-refractivity contribution in [2.24, 2.45) is 0 Å². The summed E-state index contributed by atoms with van der Waals surface area (Å²) in [6.45, 7) is 1.79. The first-order valence-electron chi connectivity index (χ1n) is 8.57. The molecule has 3 aromatic rings. The highest BCUT2D eigenvalue weighted by molar-refractivity contribution is 5.67. The van der Waals surface area contributed by atoms with Gasteiger partial charge in [-0.1, -0.05) is 18.2 Å². The fourth-order valence-corrected chi connectivity index (χ4v) is 2.61. The Hall–Kier alpha value is -3.49. The van der Waals surface area contributed by atoms with E-state index in [0.29, 0.717) is 22.9 Å². The van der Waals surface area contributed by atoms with Crippen molar-refractivity contribution in [3.63, 3.8) is 0 Å². The summed E-state index contributed by atoms with van der Waals surface area (Å²) in [7, 11) is 2.99. The molecule has 2 aromatic carbocycles. The van der Waals surface area contributed by atoms with E-state index >= 15 is 0 Å². The third kappa shape index (κ3) is 4.68. The maximum atomic E-state index is 13.4. The summed E-state index contributed by atoms with van der Waals surface area (Å²) in [5, 5.41) is 5.64. The van der Waals surface area contributed by atoms with Gasteiger partial charge in [-0.25, -0.2) is 4.98 Å². The van der Waals surface area contributed by atoms with Crippen molar-refractivity contribution in [1.82, 2.24) is 9.97 Å². The molecular formula is C20H19F3N4O2. The molecule has 152 valence electrons. The average Bonchev–Trinajstić information content (AvgIpc) is 2.69.